The lowest BCUT2D eigenvalue weighted by atomic mass is 9.94. The van der Waals surface area contributed by atoms with E-state index in [0.717, 1.165) is 4.57 Å². The number of rotatable bonds is 0. The fraction of sp³-hybridized carbons (Fsp3) is 0.231. The number of hydrogen-bond acceptors (Lipinski definition) is 2. The van der Waals surface area contributed by atoms with Gasteiger partial charge in [-0.05, 0) is 30.5 Å². The molecular weight excluding hydrogens is 273 g/mol. The van der Waals surface area contributed by atoms with Crippen molar-refractivity contribution in [3.63, 3.8) is 0 Å². The number of Topliss-reactive ketones (excluding diaryl/α,β-unsaturated/α-hetero) is 1. The summed E-state index contributed by atoms with van der Waals surface area (Å²) in [6.07, 6.45) is 0.268. The molecule has 0 aliphatic heterocycles. The van der Waals surface area contributed by atoms with E-state index in [4.69, 9.17) is 11.6 Å². The van der Waals surface area contributed by atoms with Gasteiger partial charge in [-0.25, -0.2) is 13.8 Å². The minimum atomic E-state index is -1.26. The zero-order valence-corrected chi connectivity index (χ0v) is 10.5. The second-order valence-electron chi connectivity index (χ2n) is 4.51. The zero-order valence-electron chi connectivity index (χ0n) is 9.74. The Balaban J connectivity index is 2.49. The molecule has 0 saturated heterocycles. The van der Waals surface area contributed by atoms with Crippen LogP contribution < -0.4 is 0 Å². The van der Waals surface area contributed by atoms with Gasteiger partial charge >= 0.3 is 6.09 Å². The molecule has 1 aromatic carbocycles. The summed E-state index contributed by atoms with van der Waals surface area (Å²) in [7, 11) is 0. The Hall–Kier alpha value is -1.88. The van der Waals surface area contributed by atoms with Gasteiger partial charge in [-0.1, -0.05) is 11.6 Å². The third kappa shape index (κ3) is 1.65. The number of fused-ring (bicyclic) bond motifs is 3. The summed E-state index contributed by atoms with van der Waals surface area (Å²) in [5.41, 5.74) is 1.01. The summed E-state index contributed by atoms with van der Waals surface area (Å²) < 4.78 is 14.5. The van der Waals surface area contributed by atoms with Gasteiger partial charge in [0, 0.05) is 11.8 Å². The Bertz CT molecular complexity index is 735. The summed E-state index contributed by atoms with van der Waals surface area (Å²) in [6.45, 7) is 0. The Morgan fingerprint density at radius 3 is 2.79 bits per heavy atom. The number of aryl methyl sites for hydroxylation is 1. The Morgan fingerprint density at radius 2 is 2.11 bits per heavy atom. The molecular formula is C13H9ClFNO3. The van der Waals surface area contributed by atoms with Crippen LogP contribution in [0, 0.1) is 5.82 Å². The molecule has 1 aliphatic carbocycles. The Morgan fingerprint density at radius 1 is 1.37 bits per heavy atom. The molecule has 2 aromatic rings. The monoisotopic (exact) mass is 281 g/mol. The van der Waals surface area contributed by atoms with Crippen LogP contribution in [-0.4, -0.2) is 21.6 Å². The van der Waals surface area contributed by atoms with E-state index >= 15 is 0 Å². The van der Waals surface area contributed by atoms with E-state index in [-0.39, 0.29) is 22.0 Å². The van der Waals surface area contributed by atoms with E-state index in [2.05, 4.69) is 0 Å². The van der Waals surface area contributed by atoms with E-state index in [1.54, 1.807) is 0 Å². The van der Waals surface area contributed by atoms with Gasteiger partial charge in [-0.15, -0.1) is 0 Å². The summed E-state index contributed by atoms with van der Waals surface area (Å²) in [4.78, 5) is 23.3. The molecule has 98 valence electrons. The minimum absolute atomic E-state index is 0.149. The average Bonchev–Trinajstić information content (AvgIpc) is 2.66. The molecule has 3 rings (SSSR count). The number of aromatic nitrogens is 1. The van der Waals surface area contributed by atoms with Crippen molar-refractivity contribution in [2.75, 3.05) is 0 Å². The number of carbonyl (C=O) groups excluding carboxylic acids is 1. The summed E-state index contributed by atoms with van der Waals surface area (Å²) in [6, 6.07) is 2.46. The van der Waals surface area contributed by atoms with Gasteiger partial charge in [0.15, 0.2) is 5.78 Å². The average molecular weight is 282 g/mol. The second kappa shape index (κ2) is 4.06. The molecule has 6 heteroatoms. The molecule has 0 amide bonds. The number of carbonyl (C=O) groups is 2. The van der Waals surface area contributed by atoms with Crippen LogP contribution in [0.1, 0.15) is 28.9 Å². The first-order valence-electron chi connectivity index (χ1n) is 5.79. The van der Waals surface area contributed by atoms with Gasteiger partial charge in [0.25, 0.3) is 0 Å². The van der Waals surface area contributed by atoms with E-state index in [9.17, 15) is 19.1 Å². The molecule has 0 radical (unpaired) electrons. The minimum Gasteiger partial charge on any atom is -0.464 e. The summed E-state index contributed by atoms with van der Waals surface area (Å²) in [5.74, 6) is -0.839. The first-order valence-corrected chi connectivity index (χ1v) is 6.17. The molecule has 0 bridgehead atoms. The fourth-order valence-electron chi connectivity index (χ4n) is 2.63. The number of nitrogens with zero attached hydrogens (tertiary/aromatic N) is 1. The van der Waals surface area contributed by atoms with E-state index in [1.807, 2.05) is 0 Å². The highest BCUT2D eigenvalue weighted by Crippen LogP contribution is 2.34. The van der Waals surface area contributed by atoms with Gasteiger partial charge in [0.2, 0.25) is 0 Å². The maximum absolute atomic E-state index is 13.6. The Kier molecular flexibility index (Phi) is 2.60. The van der Waals surface area contributed by atoms with Gasteiger partial charge < -0.3 is 5.11 Å². The fourth-order valence-corrected chi connectivity index (χ4v) is 2.79. The van der Waals surface area contributed by atoms with Crippen LogP contribution in [0.4, 0.5) is 9.18 Å². The first kappa shape index (κ1) is 12.2. The van der Waals surface area contributed by atoms with Crippen molar-refractivity contribution in [3.8, 4) is 0 Å². The smallest absolute Gasteiger partial charge is 0.416 e. The highest BCUT2D eigenvalue weighted by Gasteiger charge is 2.29. The lowest BCUT2D eigenvalue weighted by Crippen LogP contribution is -2.19. The van der Waals surface area contributed by atoms with Crippen molar-refractivity contribution >= 4 is 34.4 Å². The van der Waals surface area contributed by atoms with Gasteiger partial charge in [0.05, 0.1) is 16.2 Å². The standard InChI is InChI=1S/C13H9ClFNO3/c14-8-5-10-7(4-9(8)15)6-2-1-3-11(17)12(6)16(10)13(18)19/h4-5H,1-3H2,(H,18,19). The van der Waals surface area contributed by atoms with Crippen molar-refractivity contribution in [1.82, 2.24) is 4.57 Å². The molecule has 0 fully saturated rings. The van der Waals surface area contributed by atoms with E-state index in [1.165, 1.54) is 12.1 Å². The zero-order chi connectivity index (χ0) is 13.7. The van der Waals surface area contributed by atoms with Crippen molar-refractivity contribution in [1.29, 1.82) is 0 Å². The van der Waals surface area contributed by atoms with E-state index < -0.39 is 11.9 Å². The molecule has 0 saturated carbocycles. The lowest BCUT2D eigenvalue weighted by Gasteiger charge is -2.11. The summed E-state index contributed by atoms with van der Waals surface area (Å²) >= 11 is 5.70. The van der Waals surface area contributed by atoms with Crippen molar-refractivity contribution < 1.29 is 19.1 Å². The van der Waals surface area contributed by atoms with Gasteiger partial charge in [-0.3, -0.25) is 4.79 Å². The number of benzene rings is 1. The van der Waals surface area contributed by atoms with E-state index in [0.29, 0.717) is 30.2 Å². The van der Waals surface area contributed by atoms with Crippen LogP contribution in [-0.2, 0) is 6.42 Å². The maximum Gasteiger partial charge on any atom is 0.416 e. The topological polar surface area (TPSA) is 59.3 Å². The van der Waals surface area contributed by atoms with Gasteiger partial charge in [-0.2, -0.15) is 0 Å². The highest BCUT2D eigenvalue weighted by molar-refractivity contribution is 6.31. The number of hydrogen-bond donors (Lipinski definition) is 1. The van der Waals surface area contributed by atoms with Gasteiger partial charge in [0.1, 0.15) is 5.82 Å². The van der Waals surface area contributed by atoms with Crippen molar-refractivity contribution in [2.24, 2.45) is 0 Å². The molecule has 19 heavy (non-hydrogen) atoms. The quantitative estimate of drug-likeness (QED) is 0.804. The number of ketones is 1. The summed E-state index contributed by atoms with van der Waals surface area (Å²) in [5, 5.41) is 9.58. The number of carboxylic acid groups (broad SMARTS) is 1. The highest BCUT2D eigenvalue weighted by atomic mass is 35.5. The molecule has 0 spiro atoms. The van der Waals surface area contributed by atoms with Crippen LogP contribution in [0.25, 0.3) is 10.9 Å². The molecule has 0 atom stereocenters. The second-order valence-corrected chi connectivity index (χ2v) is 4.91. The predicted molar refractivity (Wildman–Crippen MR) is 67.6 cm³/mol. The predicted octanol–water partition coefficient (Wildman–Crippen LogP) is 3.48. The first-order chi connectivity index (χ1) is 9.00. The largest absolute Gasteiger partial charge is 0.464 e. The van der Waals surface area contributed by atoms with Crippen molar-refractivity contribution in [2.45, 2.75) is 19.3 Å². The molecule has 4 nitrogen and oxygen atoms in total. The van der Waals surface area contributed by atoms with Crippen LogP contribution in [0.2, 0.25) is 5.02 Å². The third-order valence-electron chi connectivity index (χ3n) is 3.40. The van der Waals surface area contributed by atoms with Crippen LogP contribution in [0.3, 0.4) is 0 Å². The third-order valence-corrected chi connectivity index (χ3v) is 3.69. The van der Waals surface area contributed by atoms with Crippen LogP contribution >= 0.6 is 11.6 Å². The maximum atomic E-state index is 13.6. The molecule has 1 N–H and O–H groups in total. The normalized spacial score (nSPS) is 14.7. The lowest BCUT2D eigenvalue weighted by molar-refractivity contribution is 0.0962. The Labute approximate surface area is 112 Å². The molecule has 1 aromatic heterocycles. The van der Waals surface area contributed by atoms with Crippen LogP contribution in [0.5, 0.6) is 0 Å². The molecule has 1 heterocycles. The van der Waals surface area contributed by atoms with Crippen LogP contribution in [0.15, 0.2) is 12.1 Å². The SMILES string of the molecule is O=C1CCCc2c1n(C(=O)O)c1cc(Cl)c(F)cc21. The number of halogens is 2. The van der Waals surface area contributed by atoms with Crippen molar-refractivity contribution in [3.05, 3.63) is 34.2 Å². The molecule has 1 aliphatic rings. The molecule has 0 unspecified atom stereocenters.